The van der Waals surface area contributed by atoms with Crippen molar-refractivity contribution in [1.29, 1.82) is 0 Å². The fraction of sp³-hybridized carbons (Fsp3) is 0.188. The third-order valence-corrected chi connectivity index (χ3v) is 2.80. The smallest absolute Gasteiger partial charge is 0.163 e. The topological polar surface area (TPSA) is 26.3 Å². The van der Waals surface area contributed by atoms with E-state index in [0.29, 0.717) is 11.3 Å². The van der Waals surface area contributed by atoms with Gasteiger partial charge in [-0.3, -0.25) is 4.79 Å². The van der Waals surface area contributed by atoms with Gasteiger partial charge in [-0.1, -0.05) is 18.2 Å². The maximum Gasteiger partial charge on any atom is 0.163 e. The molecule has 2 aromatic carbocycles. The van der Waals surface area contributed by atoms with Crippen LogP contribution in [0.4, 0.5) is 4.39 Å². The predicted molar refractivity (Wildman–Crippen MR) is 71.9 cm³/mol. The van der Waals surface area contributed by atoms with Gasteiger partial charge in [0.25, 0.3) is 0 Å². The molecule has 2 nitrogen and oxygen atoms in total. The van der Waals surface area contributed by atoms with Gasteiger partial charge in [-0.15, -0.1) is 0 Å². The number of carbonyl (C=O) groups is 1. The van der Waals surface area contributed by atoms with Gasteiger partial charge in [0.1, 0.15) is 18.2 Å². The molecule has 0 aromatic heterocycles. The van der Waals surface area contributed by atoms with Crippen LogP contribution in [0, 0.1) is 12.7 Å². The van der Waals surface area contributed by atoms with Crippen LogP contribution < -0.4 is 4.74 Å². The number of Topliss-reactive ketones (excluding diaryl/α,β-unsaturated/α-hetero) is 1. The summed E-state index contributed by atoms with van der Waals surface area (Å²) in [6.45, 7) is 3.67. The maximum absolute atomic E-state index is 13.1. The van der Waals surface area contributed by atoms with Crippen LogP contribution in [0.25, 0.3) is 0 Å². The second kappa shape index (κ2) is 5.65. The van der Waals surface area contributed by atoms with E-state index in [-0.39, 0.29) is 18.2 Å². The zero-order chi connectivity index (χ0) is 13.8. The quantitative estimate of drug-likeness (QED) is 0.777. The van der Waals surface area contributed by atoms with E-state index in [1.165, 1.54) is 19.1 Å². The van der Waals surface area contributed by atoms with Crippen molar-refractivity contribution in [2.24, 2.45) is 0 Å². The Hall–Kier alpha value is -2.16. The van der Waals surface area contributed by atoms with Crippen LogP contribution in [0.2, 0.25) is 0 Å². The molecule has 0 aliphatic heterocycles. The van der Waals surface area contributed by atoms with E-state index in [2.05, 4.69) is 0 Å². The molecule has 0 bridgehead atoms. The highest BCUT2D eigenvalue weighted by Crippen LogP contribution is 2.22. The molecule has 2 rings (SSSR count). The van der Waals surface area contributed by atoms with Gasteiger partial charge in [-0.05, 0) is 49.2 Å². The number of ketones is 1. The number of aryl methyl sites for hydroxylation is 1. The van der Waals surface area contributed by atoms with Gasteiger partial charge < -0.3 is 4.74 Å². The molecule has 0 amide bonds. The standard InChI is InChI=1S/C16H15FO2/c1-11-6-7-15(12(2)18)16(8-11)19-10-13-4-3-5-14(17)9-13/h3-9H,10H2,1-2H3. The highest BCUT2D eigenvalue weighted by molar-refractivity contribution is 5.96. The molecule has 0 aliphatic carbocycles. The largest absolute Gasteiger partial charge is 0.488 e. The van der Waals surface area contributed by atoms with Crippen molar-refractivity contribution in [1.82, 2.24) is 0 Å². The van der Waals surface area contributed by atoms with Crippen LogP contribution in [0.5, 0.6) is 5.75 Å². The van der Waals surface area contributed by atoms with E-state index in [1.807, 2.05) is 19.1 Å². The molecule has 3 heteroatoms. The maximum atomic E-state index is 13.1. The molecule has 0 saturated heterocycles. The third kappa shape index (κ3) is 3.41. The average molecular weight is 258 g/mol. The number of benzene rings is 2. The molecule has 0 spiro atoms. The number of hydrogen-bond acceptors (Lipinski definition) is 2. The first-order valence-corrected chi connectivity index (χ1v) is 6.05. The van der Waals surface area contributed by atoms with Crippen LogP contribution in [-0.2, 0) is 6.61 Å². The van der Waals surface area contributed by atoms with Crippen LogP contribution in [-0.4, -0.2) is 5.78 Å². The minimum absolute atomic E-state index is 0.0470. The summed E-state index contributed by atoms with van der Waals surface area (Å²) in [5.74, 6) is 0.197. The number of carbonyl (C=O) groups excluding carboxylic acids is 1. The number of ether oxygens (including phenoxy) is 1. The first kappa shape index (κ1) is 13.3. The van der Waals surface area contributed by atoms with E-state index in [0.717, 1.165) is 11.1 Å². The second-order valence-electron chi connectivity index (χ2n) is 4.47. The lowest BCUT2D eigenvalue weighted by molar-refractivity contribution is 0.101. The van der Waals surface area contributed by atoms with Crippen molar-refractivity contribution in [3.05, 3.63) is 65.0 Å². The SMILES string of the molecule is CC(=O)c1ccc(C)cc1OCc1cccc(F)c1. The van der Waals surface area contributed by atoms with Gasteiger partial charge >= 0.3 is 0 Å². The van der Waals surface area contributed by atoms with Crippen molar-refractivity contribution in [3.63, 3.8) is 0 Å². The molecule has 0 unspecified atom stereocenters. The Kier molecular flexibility index (Phi) is 3.95. The molecule has 0 saturated carbocycles. The van der Waals surface area contributed by atoms with E-state index in [4.69, 9.17) is 4.74 Å². The lowest BCUT2D eigenvalue weighted by Crippen LogP contribution is -2.02. The fourth-order valence-corrected chi connectivity index (χ4v) is 1.83. The summed E-state index contributed by atoms with van der Waals surface area (Å²) in [5.41, 5.74) is 2.29. The van der Waals surface area contributed by atoms with E-state index in [9.17, 15) is 9.18 Å². The van der Waals surface area contributed by atoms with Gasteiger partial charge in [-0.25, -0.2) is 4.39 Å². The summed E-state index contributed by atoms with van der Waals surface area (Å²) in [7, 11) is 0. The molecule has 98 valence electrons. The summed E-state index contributed by atoms with van der Waals surface area (Å²) in [6, 6.07) is 11.7. The zero-order valence-electron chi connectivity index (χ0n) is 10.9. The second-order valence-corrected chi connectivity index (χ2v) is 4.47. The molecule has 0 N–H and O–H groups in total. The average Bonchev–Trinajstić information content (AvgIpc) is 2.36. The van der Waals surface area contributed by atoms with Crippen molar-refractivity contribution >= 4 is 5.78 Å². The fourth-order valence-electron chi connectivity index (χ4n) is 1.83. The van der Waals surface area contributed by atoms with Crippen molar-refractivity contribution in [2.45, 2.75) is 20.5 Å². The van der Waals surface area contributed by atoms with Gasteiger partial charge in [-0.2, -0.15) is 0 Å². The first-order valence-electron chi connectivity index (χ1n) is 6.05. The molecule has 0 radical (unpaired) electrons. The number of rotatable bonds is 4. The van der Waals surface area contributed by atoms with Crippen LogP contribution in [0.1, 0.15) is 28.4 Å². The minimum Gasteiger partial charge on any atom is -0.488 e. The molecule has 0 atom stereocenters. The molecule has 0 fully saturated rings. The molecular formula is C16H15FO2. The Morgan fingerprint density at radius 2 is 2.00 bits per heavy atom. The summed E-state index contributed by atoms with van der Waals surface area (Å²) in [6.07, 6.45) is 0. The van der Waals surface area contributed by atoms with E-state index >= 15 is 0 Å². The van der Waals surface area contributed by atoms with Crippen molar-refractivity contribution in [2.75, 3.05) is 0 Å². The third-order valence-electron chi connectivity index (χ3n) is 2.80. The van der Waals surface area contributed by atoms with Crippen LogP contribution in [0.15, 0.2) is 42.5 Å². The van der Waals surface area contributed by atoms with Crippen molar-refractivity contribution in [3.8, 4) is 5.75 Å². The molecule has 2 aromatic rings. The van der Waals surface area contributed by atoms with Crippen LogP contribution >= 0.6 is 0 Å². The summed E-state index contributed by atoms with van der Waals surface area (Å²) < 4.78 is 18.7. The van der Waals surface area contributed by atoms with Gasteiger partial charge in [0.2, 0.25) is 0 Å². The Bertz CT molecular complexity index is 605. The number of halogens is 1. The Morgan fingerprint density at radius 3 is 2.68 bits per heavy atom. The predicted octanol–water partition coefficient (Wildman–Crippen LogP) is 3.92. The Morgan fingerprint density at radius 1 is 1.21 bits per heavy atom. The van der Waals surface area contributed by atoms with Gasteiger partial charge in [0, 0.05) is 0 Å². The summed E-state index contributed by atoms with van der Waals surface area (Å²) in [5, 5.41) is 0. The van der Waals surface area contributed by atoms with E-state index < -0.39 is 0 Å². The van der Waals surface area contributed by atoms with Crippen molar-refractivity contribution < 1.29 is 13.9 Å². The molecular weight excluding hydrogens is 243 g/mol. The highest BCUT2D eigenvalue weighted by Gasteiger charge is 2.09. The first-order chi connectivity index (χ1) is 9.06. The monoisotopic (exact) mass is 258 g/mol. The van der Waals surface area contributed by atoms with Crippen LogP contribution in [0.3, 0.4) is 0 Å². The molecule has 0 aliphatic rings. The summed E-state index contributed by atoms with van der Waals surface area (Å²) in [4.78, 5) is 11.5. The molecule has 19 heavy (non-hydrogen) atoms. The normalized spacial score (nSPS) is 10.3. The minimum atomic E-state index is -0.294. The highest BCUT2D eigenvalue weighted by atomic mass is 19.1. The van der Waals surface area contributed by atoms with E-state index in [1.54, 1.807) is 18.2 Å². The lowest BCUT2D eigenvalue weighted by atomic mass is 10.1. The lowest BCUT2D eigenvalue weighted by Gasteiger charge is -2.11. The van der Waals surface area contributed by atoms with Gasteiger partial charge in [0.05, 0.1) is 5.56 Å². The molecule has 0 heterocycles. The Balaban J connectivity index is 2.19. The Labute approximate surface area is 111 Å². The number of hydrogen-bond donors (Lipinski definition) is 0. The van der Waals surface area contributed by atoms with Gasteiger partial charge in [0.15, 0.2) is 5.78 Å². The zero-order valence-corrected chi connectivity index (χ0v) is 10.9. The summed E-state index contributed by atoms with van der Waals surface area (Å²) >= 11 is 0.